The largest absolute Gasteiger partial charge is 0.507 e. The number of hydrogen-bond acceptors (Lipinski definition) is 6. The van der Waals surface area contributed by atoms with E-state index in [1.807, 2.05) is 30.3 Å². The highest BCUT2D eigenvalue weighted by Gasteiger charge is 2.13. The highest BCUT2D eigenvalue weighted by atomic mass is 16.4. The Bertz CT molecular complexity index is 677. The molecule has 1 heterocycles. The first-order chi connectivity index (χ1) is 9.58. The van der Waals surface area contributed by atoms with Gasteiger partial charge in [0.05, 0.1) is 11.9 Å². The van der Waals surface area contributed by atoms with E-state index < -0.39 is 11.4 Å². The molecule has 6 nitrogen and oxygen atoms in total. The molecule has 0 aliphatic heterocycles. The minimum absolute atomic E-state index is 0.263. The molecular weight excluding hydrogens is 260 g/mol. The molecule has 0 saturated carbocycles. The Morgan fingerprint density at radius 2 is 2.00 bits per heavy atom. The van der Waals surface area contributed by atoms with Crippen LogP contribution in [0.25, 0.3) is 5.76 Å². The smallest absolute Gasteiger partial charge is 0.350 e. The van der Waals surface area contributed by atoms with Crippen molar-refractivity contribution in [3.63, 3.8) is 0 Å². The molecule has 1 aromatic carbocycles. The van der Waals surface area contributed by atoms with Crippen LogP contribution >= 0.6 is 0 Å². The van der Waals surface area contributed by atoms with Gasteiger partial charge < -0.3 is 25.5 Å². The fourth-order valence-electron chi connectivity index (χ4n) is 1.61. The monoisotopic (exact) mass is 274 g/mol. The molecule has 0 fully saturated rings. The molecule has 0 bridgehead atoms. The fourth-order valence-corrected chi connectivity index (χ4v) is 1.61. The molecule has 0 amide bonds. The Morgan fingerprint density at radius 1 is 1.30 bits per heavy atom. The molecule has 104 valence electrons. The summed E-state index contributed by atoms with van der Waals surface area (Å²) < 4.78 is 4.81. The van der Waals surface area contributed by atoms with Crippen molar-refractivity contribution in [2.24, 2.45) is 0 Å². The molecule has 1 aromatic heterocycles. The normalized spacial score (nSPS) is 11.2. The molecule has 0 aliphatic carbocycles. The number of aromatic hydroxyl groups is 1. The molecule has 2 aromatic rings. The van der Waals surface area contributed by atoms with E-state index in [0.717, 1.165) is 11.9 Å². The highest BCUT2D eigenvalue weighted by Crippen LogP contribution is 2.20. The lowest BCUT2D eigenvalue weighted by atomic mass is 10.2. The standard InChI is InChI=1S/C14H14N2O4/c1-9-7-11(17)13(14(19)20-9)12(18)8-15-16-10-5-3-2-4-6-10/h2-8,15-18H,1H3/b12-8-. The first kappa shape index (κ1) is 13.5. The van der Waals surface area contributed by atoms with Crippen LogP contribution in [0.15, 0.2) is 51.8 Å². The maximum Gasteiger partial charge on any atom is 0.350 e. The number of anilines is 1. The number of hydrazine groups is 1. The van der Waals surface area contributed by atoms with Crippen LogP contribution in [-0.2, 0) is 0 Å². The summed E-state index contributed by atoms with van der Waals surface area (Å²) >= 11 is 0. The third kappa shape index (κ3) is 3.11. The average molecular weight is 274 g/mol. The zero-order valence-electron chi connectivity index (χ0n) is 10.8. The van der Waals surface area contributed by atoms with Gasteiger partial charge in [0.15, 0.2) is 5.76 Å². The number of aliphatic hydroxyl groups excluding tert-OH is 1. The lowest BCUT2D eigenvalue weighted by molar-refractivity contribution is 0.418. The summed E-state index contributed by atoms with van der Waals surface area (Å²) in [6, 6.07) is 10.4. The van der Waals surface area contributed by atoms with Gasteiger partial charge in [0.2, 0.25) is 0 Å². The maximum absolute atomic E-state index is 11.6. The summed E-state index contributed by atoms with van der Waals surface area (Å²) in [6.07, 6.45) is 1.15. The quantitative estimate of drug-likeness (QED) is 0.504. The zero-order valence-corrected chi connectivity index (χ0v) is 10.8. The van der Waals surface area contributed by atoms with Crippen molar-refractivity contribution in [3.8, 4) is 5.75 Å². The number of hydrogen-bond donors (Lipinski definition) is 4. The highest BCUT2D eigenvalue weighted by molar-refractivity contribution is 5.62. The molecule has 0 unspecified atom stereocenters. The molecule has 2 rings (SSSR count). The summed E-state index contributed by atoms with van der Waals surface area (Å²) in [4.78, 5) is 11.6. The van der Waals surface area contributed by atoms with Gasteiger partial charge in [-0.2, -0.15) is 0 Å². The minimum Gasteiger partial charge on any atom is -0.507 e. The number of rotatable bonds is 4. The predicted octanol–water partition coefficient (Wildman–Crippen LogP) is 2.13. The van der Waals surface area contributed by atoms with E-state index in [-0.39, 0.29) is 17.1 Å². The van der Waals surface area contributed by atoms with Gasteiger partial charge >= 0.3 is 5.63 Å². The predicted molar refractivity (Wildman–Crippen MR) is 75.2 cm³/mol. The Hall–Kier alpha value is -2.89. The van der Waals surface area contributed by atoms with Gasteiger partial charge in [-0.3, -0.25) is 0 Å². The number of aryl methyl sites for hydroxylation is 1. The SMILES string of the molecule is Cc1cc(O)c(/C(O)=C/NNc2ccccc2)c(=O)o1. The van der Waals surface area contributed by atoms with Crippen molar-refractivity contribution in [2.45, 2.75) is 6.92 Å². The fraction of sp³-hybridized carbons (Fsp3) is 0.0714. The van der Waals surface area contributed by atoms with Crippen LogP contribution in [0.2, 0.25) is 0 Å². The first-order valence-corrected chi connectivity index (χ1v) is 5.87. The van der Waals surface area contributed by atoms with E-state index in [1.165, 1.54) is 13.0 Å². The van der Waals surface area contributed by atoms with E-state index in [4.69, 9.17) is 4.42 Å². The summed E-state index contributed by atoms with van der Waals surface area (Å²) in [5.74, 6) is -0.506. The van der Waals surface area contributed by atoms with Gasteiger partial charge in [-0.05, 0) is 19.1 Å². The number of nitrogens with one attached hydrogen (secondary N) is 2. The van der Waals surface area contributed by atoms with E-state index in [1.54, 1.807) is 0 Å². The van der Waals surface area contributed by atoms with Crippen molar-refractivity contribution in [1.29, 1.82) is 0 Å². The first-order valence-electron chi connectivity index (χ1n) is 5.87. The molecule has 0 atom stereocenters. The van der Waals surface area contributed by atoms with Gasteiger partial charge in [-0.15, -0.1) is 0 Å². The summed E-state index contributed by atoms with van der Waals surface area (Å²) in [5.41, 5.74) is 5.08. The second-order valence-corrected chi connectivity index (χ2v) is 4.07. The van der Waals surface area contributed by atoms with E-state index in [2.05, 4.69) is 10.9 Å². The topological polar surface area (TPSA) is 94.7 Å². The summed E-state index contributed by atoms with van der Waals surface area (Å²) in [6.45, 7) is 1.53. The molecule has 4 N–H and O–H groups in total. The molecule has 0 saturated heterocycles. The summed E-state index contributed by atoms with van der Waals surface area (Å²) in [5, 5.41) is 19.4. The number of para-hydroxylation sites is 1. The third-order valence-corrected chi connectivity index (χ3v) is 2.51. The van der Waals surface area contributed by atoms with Gasteiger partial charge in [0.25, 0.3) is 0 Å². The second-order valence-electron chi connectivity index (χ2n) is 4.07. The van der Waals surface area contributed by atoms with E-state index in [0.29, 0.717) is 0 Å². The molecular formula is C14H14N2O4. The van der Waals surface area contributed by atoms with Crippen LogP contribution in [-0.4, -0.2) is 10.2 Å². The molecule has 6 heteroatoms. The minimum atomic E-state index is -0.808. The zero-order chi connectivity index (χ0) is 14.5. The third-order valence-electron chi connectivity index (χ3n) is 2.51. The van der Waals surface area contributed by atoms with Crippen LogP contribution in [0.3, 0.4) is 0 Å². The van der Waals surface area contributed by atoms with Crippen LogP contribution in [0, 0.1) is 6.92 Å². The lowest BCUT2D eigenvalue weighted by Crippen LogP contribution is -2.16. The Morgan fingerprint density at radius 3 is 2.65 bits per heavy atom. The van der Waals surface area contributed by atoms with Crippen LogP contribution in [0.4, 0.5) is 5.69 Å². The number of aliphatic hydroxyl groups is 1. The van der Waals surface area contributed by atoms with Crippen LogP contribution < -0.4 is 16.5 Å². The number of benzene rings is 1. The van der Waals surface area contributed by atoms with E-state index in [9.17, 15) is 15.0 Å². The van der Waals surface area contributed by atoms with Crippen molar-refractivity contribution < 1.29 is 14.6 Å². The van der Waals surface area contributed by atoms with Crippen molar-refractivity contribution in [1.82, 2.24) is 5.43 Å². The average Bonchev–Trinajstić information content (AvgIpc) is 2.38. The Balaban J connectivity index is 2.13. The molecule has 0 radical (unpaired) electrons. The van der Waals surface area contributed by atoms with Crippen molar-refractivity contribution >= 4 is 11.4 Å². The lowest BCUT2D eigenvalue weighted by Gasteiger charge is -2.07. The molecule has 0 aliphatic rings. The maximum atomic E-state index is 11.6. The van der Waals surface area contributed by atoms with Crippen LogP contribution in [0.1, 0.15) is 11.3 Å². The summed E-state index contributed by atoms with van der Waals surface area (Å²) in [7, 11) is 0. The van der Waals surface area contributed by atoms with Crippen molar-refractivity contribution in [2.75, 3.05) is 5.43 Å². The van der Waals surface area contributed by atoms with Crippen molar-refractivity contribution in [3.05, 3.63) is 64.3 Å². The van der Waals surface area contributed by atoms with Crippen LogP contribution in [0.5, 0.6) is 5.75 Å². The molecule has 20 heavy (non-hydrogen) atoms. The Labute approximate surface area is 115 Å². The van der Waals surface area contributed by atoms with Gasteiger partial charge in [0, 0.05) is 6.07 Å². The van der Waals surface area contributed by atoms with E-state index >= 15 is 0 Å². The van der Waals surface area contributed by atoms with Gasteiger partial charge in [0.1, 0.15) is 17.1 Å². The molecule has 0 spiro atoms. The second kappa shape index (κ2) is 5.83. The van der Waals surface area contributed by atoms with Gasteiger partial charge in [-0.1, -0.05) is 18.2 Å². The Kier molecular flexibility index (Phi) is 3.95. The van der Waals surface area contributed by atoms with Gasteiger partial charge in [-0.25, -0.2) is 4.79 Å².